The summed E-state index contributed by atoms with van der Waals surface area (Å²) in [4.78, 5) is 10.3. The van der Waals surface area contributed by atoms with Crippen LogP contribution in [0.1, 0.15) is 6.92 Å². The second kappa shape index (κ2) is 3.42. The molecule has 0 heterocycles. The third-order valence-electron chi connectivity index (χ3n) is 1.45. The van der Waals surface area contributed by atoms with Gasteiger partial charge in [0.15, 0.2) is 5.57 Å². The molecule has 0 aromatic carbocycles. The van der Waals surface area contributed by atoms with E-state index in [4.69, 9.17) is 35.7 Å². The Morgan fingerprint density at radius 3 is 1.43 bits per heavy atom. The Labute approximate surface area is 77.6 Å². The van der Waals surface area contributed by atoms with Crippen LogP contribution in [0, 0.1) is 0 Å². The largest absolute Gasteiger partial charge is 0.481 e. The molecule has 0 amide bonds. The van der Waals surface area contributed by atoms with E-state index >= 15 is 0 Å². The fraction of sp³-hybridized carbons (Fsp3) is 0.500. The highest BCUT2D eigenvalue weighted by Gasteiger charge is 2.52. The normalized spacial score (nSPS) is 12.4. The molecule has 0 aromatic rings. The standard InChI is InChI=1S/C6H10O8/c1-5(11,12)6(13,14)2(3(7)8)4(9)10/h7-8,11-14H,1H3,(H,9,10). The maximum atomic E-state index is 10.3. The molecule has 0 unspecified atom stereocenters. The van der Waals surface area contributed by atoms with Crippen molar-refractivity contribution in [3.63, 3.8) is 0 Å². The minimum absolute atomic E-state index is 0.457. The third kappa shape index (κ3) is 2.12. The molecule has 0 aliphatic carbocycles. The highest BCUT2D eigenvalue weighted by Crippen LogP contribution is 2.26. The summed E-state index contributed by atoms with van der Waals surface area (Å²) in [7, 11) is 0. The number of hydrogen-bond donors (Lipinski definition) is 7. The van der Waals surface area contributed by atoms with E-state index in [-0.39, 0.29) is 0 Å². The van der Waals surface area contributed by atoms with Crippen LogP contribution < -0.4 is 0 Å². The van der Waals surface area contributed by atoms with E-state index in [0.717, 1.165) is 0 Å². The quantitative estimate of drug-likeness (QED) is 0.157. The molecule has 8 nitrogen and oxygen atoms in total. The van der Waals surface area contributed by atoms with Crippen LogP contribution >= 0.6 is 0 Å². The van der Waals surface area contributed by atoms with Crippen LogP contribution in [0.3, 0.4) is 0 Å². The second-order valence-corrected chi connectivity index (χ2v) is 2.70. The monoisotopic (exact) mass is 210 g/mol. The lowest BCUT2D eigenvalue weighted by Gasteiger charge is -2.31. The van der Waals surface area contributed by atoms with Crippen LogP contribution in [0.4, 0.5) is 0 Å². The predicted octanol–water partition coefficient (Wildman–Crippen LogP) is -2.22. The lowest BCUT2D eigenvalue weighted by molar-refractivity contribution is -0.330. The molecule has 0 fully saturated rings. The van der Waals surface area contributed by atoms with Crippen LogP contribution in [-0.2, 0) is 4.79 Å². The molecule has 7 N–H and O–H groups in total. The third-order valence-corrected chi connectivity index (χ3v) is 1.45. The minimum atomic E-state index is -3.71. The van der Waals surface area contributed by atoms with E-state index in [2.05, 4.69) is 0 Å². The summed E-state index contributed by atoms with van der Waals surface area (Å²) in [5.41, 5.74) is -1.75. The van der Waals surface area contributed by atoms with Crippen molar-refractivity contribution < 1.29 is 40.5 Å². The zero-order valence-corrected chi connectivity index (χ0v) is 7.04. The van der Waals surface area contributed by atoms with Gasteiger partial charge in [-0.05, 0) is 6.92 Å². The summed E-state index contributed by atoms with van der Waals surface area (Å²) >= 11 is 0. The van der Waals surface area contributed by atoms with Crippen molar-refractivity contribution in [2.45, 2.75) is 18.5 Å². The van der Waals surface area contributed by atoms with Crippen molar-refractivity contribution >= 4 is 5.97 Å². The van der Waals surface area contributed by atoms with E-state index in [9.17, 15) is 4.79 Å². The van der Waals surface area contributed by atoms with Crippen LogP contribution in [-0.4, -0.2) is 53.3 Å². The molecule has 0 radical (unpaired) electrons. The zero-order chi connectivity index (χ0) is 11.7. The van der Waals surface area contributed by atoms with E-state index < -0.39 is 29.1 Å². The summed E-state index contributed by atoms with van der Waals surface area (Å²) in [5, 5.41) is 60.5. The second-order valence-electron chi connectivity index (χ2n) is 2.70. The van der Waals surface area contributed by atoms with Crippen molar-refractivity contribution in [1.82, 2.24) is 0 Å². The fourth-order valence-corrected chi connectivity index (χ4v) is 0.637. The fourth-order valence-electron chi connectivity index (χ4n) is 0.637. The number of hydrogen-bond acceptors (Lipinski definition) is 7. The van der Waals surface area contributed by atoms with Gasteiger partial charge in [-0.2, -0.15) is 0 Å². The molecule has 0 saturated heterocycles. The summed E-state index contributed by atoms with van der Waals surface area (Å²) in [6.07, 6.45) is 0. The lowest BCUT2D eigenvalue weighted by Crippen LogP contribution is -2.55. The van der Waals surface area contributed by atoms with Crippen molar-refractivity contribution in [3.05, 3.63) is 11.5 Å². The Morgan fingerprint density at radius 1 is 1.00 bits per heavy atom. The Kier molecular flexibility index (Phi) is 3.09. The van der Waals surface area contributed by atoms with Crippen molar-refractivity contribution in [1.29, 1.82) is 0 Å². The van der Waals surface area contributed by atoms with Gasteiger partial charge in [0.1, 0.15) is 0 Å². The smallest absolute Gasteiger partial charge is 0.344 e. The Balaban J connectivity index is 5.48. The molecular weight excluding hydrogens is 200 g/mol. The van der Waals surface area contributed by atoms with Gasteiger partial charge in [-0.1, -0.05) is 0 Å². The van der Waals surface area contributed by atoms with Gasteiger partial charge in [-0.25, -0.2) is 4.79 Å². The Hall–Kier alpha value is -1.35. The summed E-state index contributed by atoms with van der Waals surface area (Å²) in [5.74, 6) is -11.0. The van der Waals surface area contributed by atoms with Gasteiger partial charge in [0, 0.05) is 0 Å². The molecule has 0 bridgehead atoms. The summed E-state index contributed by atoms with van der Waals surface area (Å²) in [6, 6.07) is 0. The maximum absolute atomic E-state index is 10.3. The molecule has 0 atom stereocenters. The van der Waals surface area contributed by atoms with Crippen LogP contribution in [0.15, 0.2) is 11.5 Å². The molecule has 0 spiro atoms. The highest BCUT2D eigenvalue weighted by molar-refractivity contribution is 5.88. The van der Waals surface area contributed by atoms with E-state index in [1.807, 2.05) is 0 Å². The highest BCUT2D eigenvalue weighted by atomic mass is 16.6. The van der Waals surface area contributed by atoms with Gasteiger partial charge in [0.05, 0.1) is 0 Å². The first-order valence-corrected chi connectivity index (χ1v) is 3.27. The molecular formula is C6H10O8. The van der Waals surface area contributed by atoms with Crippen molar-refractivity contribution in [2.24, 2.45) is 0 Å². The van der Waals surface area contributed by atoms with Crippen LogP contribution in [0.2, 0.25) is 0 Å². The number of aliphatic hydroxyl groups is 6. The number of rotatable bonds is 3. The number of carboxylic acid groups (broad SMARTS) is 1. The van der Waals surface area contributed by atoms with Gasteiger partial charge in [-0.15, -0.1) is 0 Å². The molecule has 14 heavy (non-hydrogen) atoms. The van der Waals surface area contributed by atoms with E-state index in [1.54, 1.807) is 0 Å². The number of aliphatic carboxylic acids is 1. The first kappa shape index (κ1) is 12.7. The zero-order valence-electron chi connectivity index (χ0n) is 7.04. The number of carboxylic acids is 1. The Bertz CT molecular complexity index is 266. The summed E-state index contributed by atoms with van der Waals surface area (Å²) in [6.45, 7) is 0.457. The van der Waals surface area contributed by atoms with Crippen LogP contribution in [0.25, 0.3) is 0 Å². The number of carbonyl (C=O) groups is 1. The lowest BCUT2D eigenvalue weighted by atomic mass is 9.99. The van der Waals surface area contributed by atoms with E-state index in [1.165, 1.54) is 0 Å². The predicted molar refractivity (Wildman–Crippen MR) is 39.9 cm³/mol. The summed E-state index contributed by atoms with van der Waals surface area (Å²) < 4.78 is 0. The van der Waals surface area contributed by atoms with Gasteiger partial charge in [0.25, 0.3) is 11.7 Å². The van der Waals surface area contributed by atoms with Gasteiger partial charge in [0.2, 0.25) is 5.79 Å². The molecule has 82 valence electrons. The maximum Gasteiger partial charge on any atom is 0.344 e. The number of aliphatic hydroxyl groups excluding tert-OH is 1. The molecule has 0 aromatic heterocycles. The van der Waals surface area contributed by atoms with Crippen molar-refractivity contribution in [3.8, 4) is 0 Å². The van der Waals surface area contributed by atoms with E-state index in [0.29, 0.717) is 6.92 Å². The topological polar surface area (TPSA) is 159 Å². The SMILES string of the molecule is CC(O)(O)C(O)(O)C(C(=O)O)=C(O)O. The van der Waals surface area contributed by atoms with Crippen LogP contribution in [0.5, 0.6) is 0 Å². The molecule has 0 rings (SSSR count). The average Bonchev–Trinajstić information content (AvgIpc) is 1.79. The first-order chi connectivity index (χ1) is 6.01. The van der Waals surface area contributed by atoms with Crippen molar-refractivity contribution in [2.75, 3.05) is 0 Å². The molecule has 0 aliphatic rings. The van der Waals surface area contributed by atoms with Gasteiger partial charge in [-0.3, -0.25) is 0 Å². The van der Waals surface area contributed by atoms with Gasteiger partial charge >= 0.3 is 5.97 Å². The Morgan fingerprint density at radius 2 is 1.36 bits per heavy atom. The van der Waals surface area contributed by atoms with Gasteiger partial charge < -0.3 is 35.7 Å². The molecule has 0 saturated carbocycles. The molecule has 8 heteroatoms. The average molecular weight is 210 g/mol. The molecule has 0 aliphatic heterocycles. The first-order valence-electron chi connectivity index (χ1n) is 3.27. The minimum Gasteiger partial charge on any atom is -0.481 e.